The molecule has 1 heterocycles. The third-order valence-electron chi connectivity index (χ3n) is 5.44. The van der Waals surface area contributed by atoms with Crippen LogP contribution in [0.1, 0.15) is 32.3 Å². The van der Waals surface area contributed by atoms with Crippen molar-refractivity contribution in [1.82, 2.24) is 4.72 Å². The lowest BCUT2D eigenvalue weighted by molar-refractivity contribution is -0.147. The number of hydrogen-bond donors (Lipinski definition) is 1. The van der Waals surface area contributed by atoms with E-state index in [2.05, 4.69) is 4.72 Å². The summed E-state index contributed by atoms with van der Waals surface area (Å²) in [6.45, 7) is 5.49. The lowest BCUT2D eigenvalue weighted by Gasteiger charge is -2.23. The molecular weight excluding hydrogens is 446 g/mol. The van der Waals surface area contributed by atoms with Gasteiger partial charge in [-0.1, -0.05) is 55.8 Å². The van der Waals surface area contributed by atoms with Crippen LogP contribution >= 0.6 is 0 Å². The minimum Gasteiger partial charge on any atom is -0.464 e. The molecule has 1 N–H and O–H groups in total. The van der Waals surface area contributed by atoms with Crippen molar-refractivity contribution in [3.8, 4) is 0 Å². The van der Waals surface area contributed by atoms with E-state index in [0.717, 1.165) is 5.56 Å². The molecule has 2 rings (SSSR count). The van der Waals surface area contributed by atoms with Crippen LogP contribution in [0.25, 0.3) is 0 Å². The van der Waals surface area contributed by atoms with E-state index >= 15 is 0 Å². The molecule has 0 fully saturated rings. The highest BCUT2D eigenvalue weighted by molar-refractivity contribution is 7.89. The smallest absolute Gasteiger partial charge is 0.309 e. The molecule has 0 amide bonds. The largest absolute Gasteiger partial charge is 0.464 e. The molecule has 0 radical (unpaired) electrons. The van der Waals surface area contributed by atoms with Crippen LogP contribution < -0.4 is 4.72 Å². The van der Waals surface area contributed by atoms with Crippen molar-refractivity contribution < 1.29 is 32.2 Å². The number of cyclic esters (lactones) is 2. The Morgan fingerprint density at radius 1 is 0.909 bits per heavy atom. The van der Waals surface area contributed by atoms with Gasteiger partial charge in [-0.25, -0.2) is 13.1 Å². The molecule has 1 aromatic rings. The van der Waals surface area contributed by atoms with E-state index in [1.165, 1.54) is 19.2 Å². The Bertz CT molecular complexity index is 954. The molecule has 0 saturated heterocycles. The van der Waals surface area contributed by atoms with E-state index in [4.69, 9.17) is 14.2 Å². The monoisotopic (exact) mass is 479 g/mol. The summed E-state index contributed by atoms with van der Waals surface area (Å²) >= 11 is 0. The average molecular weight is 480 g/mol. The van der Waals surface area contributed by atoms with Crippen LogP contribution in [-0.2, 0) is 33.8 Å². The van der Waals surface area contributed by atoms with Crippen LogP contribution in [0.3, 0.4) is 0 Å². The highest BCUT2D eigenvalue weighted by Gasteiger charge is 2.25. The second-order valence-electron chi connectivity index (χ2n) is 8.16. The van der Waals surface area contributed by atoms with Crippen LogP contribution in [0.15, 0.2) is 53.5 Å². The summed E-state index contributed by atoms with van der Waals surface area (Å²) in [6, 6.07) is 5.75. The van der Waals surface area contributed by atoms with Gasteiger partial charge in [-0.3, -0.25) is 9.59 Å². The number of nitrogens with one attached hydrogen (secondary N) is 1. The zero-order chi connectivity index (χ0) is 24.4. The van der Waals surface area contributed by atoms with Crippen LogP contribution in [0, 0.1) is 18.8 Å². The molecule has 0 aromatic heterocycles. The van der Waals surface area contributed by atoms with Crippen molar-refractivity contribution in [3.05, 3.63) is 54.1 Å². The first kappa shape index (κ1) is 26.8. The summed E-state index contributed by atoms with van der Waals surface area (Å²) in [4.78, 5) is 24.4. The van der Waals surface area contributed by atoms with Crippen molar-refractivity contribution in [2.45, 2.75) is 50.7 Å². The molecule has 8 nitrogen and oxygen atoms in total. The Balaban J connectivity index is 2.20. The number of carbonyl (C=O) groups is 2. The lowest BCUT2D eigenvalue weighted by atomic mass is 10.0. The zero-order valence-corrected chi connectivity index (χ0v) is 20.3. The average Bonchev–Trinajstić information content (AvgIpc) is 2.76. The topological polar surface area (TPSA) is 108 Å². The van der Waals surface area contributed by atoms with Crippen LogP contribution in [0.2, 0.25) is 0 Å². The van der Waals surface area contributed by atoms with E-state index in [-0.39, 0.29) is 48.9 Å². The van der Waals surface area contributed by atoms with Gasteiger partial charge < -0.3 is 14.2 Å². The summed E-state index contributed by atoms with van der Waals surface area (Å²) in [7, 11) is -2.30. The molecule has 1 aliphatic rings. The Morgan fingerprint density at radius 3 is 2.03 bits per heavy atom. The van der Waals surface area contributed by atoms with E-state index in [1.54, 1.807) is 43.4 Å². The second-order valence-corrected chi connectivity index (χ2v) is 9.88. The molecule has 9 heteroatoms. The number of sulfonamides is 1. The predicted octanol–water partition coefficient (Wildman–Crippen LogP) is 2.92. The molecule has 182 valence electrons. The predicted molar refractivity (Wildman–Crippen MR) is 124 cm³/mol. The van der Waals surface area contributed by atoms with Gasteiger partial charge in [0.2, 0.25) is 10.0 Å². The van der Waals surface area contributed by atoms with Crippen LogP contribution in [0.4, 0.5) is 0 Å². The van der Waals surface area contributed by atoms with Gasteiger partial charge in [-0.15, -0.1) is 0 Å². The fourth-order valence-electron chi connectivity index (χ4n) is 3.20. The van der Waals surface area contributed by atoms with E-state index < -0.39 is 28.0 Å². The van der Waals surface area contributed by atoms with Gasteiger partial charge in [-0.2, -0.15) is 0 Å². The van der Waals surface area contributed by atoms with E-state index in [9.17, 15) is 18.0 Å². The molecule has 1 aliphatic heterocycles. The fourth-order valence-corrected chi connectivity index (χ4v) is 4.52. The Morgan fingerprint density at radius 2 is 1.45 bits per heavy atom. The zero-order valence-electron chi connectivity index (χ0n) is 19.5. The minimum absolute atomic E-state index is 0.0300. The lowest BCUT2D eigenvalue weighted by Crippen LogP contribution is -2.42. The van der Waals surface area contributed by atoms with Gasteiger partial charge >= 0.3 is 11.9 Å². The number of benzene rings is 1. The fraction of sp³-hybridized carbons (Fsp3) is 0.500. The Kier molecular flexibility index (Phi) is 10.3. The van der Waals surface area contributed by atoms with Crippen LogP contribution in [0.5, 0.6) is 0 Å². The third-order valence-corrected chi connectivity index (χ3v) is 6.95. The number of esters is 2. The summed E-state index contributed by atoms with van der Waals surface area (Å²) in [6.07, 6.45) is 6.53. The first-order valence-corrected chi connectivity index (χ1v) is 12.4. The molecule has 0 unspecified atom stereocenters. The highest BCUT2D eigenvalue weighted by atomic mass is 32.2. The SMILES string of the molecule is CO[C@@H]1COC(=O)C/C=C/[C@H](C)[C@@H](NS(=O)(=O)c2ccc(C)cc2)COC(=O)C/C=C/[C@H]1C. The third kappa shape index (κ3) is 8.75. The molecule has 4 atom stereocenters. The van der Waals surface area contributed by atoms with Crippen LogP contribution in [-0.4, -0.2) is 52.8 Å². The number of aryl methyl sites for hydroxylation is 1. The molecule has 0 bridgehead atoms. The maximum atomic E-state index is 12.9. The first-order chi connectivity index (χ1) is 15.6. The van der Waals surface area contributed by atoms with Gasteiger partial charge in [0.05, 0.1) is 29.9 Å². The van der Waals surface area contributed by atoms with Gasteiger partial charge in [0.25, 0.3) is 0 Å². The van der Waals surface area contributed by atoms with E-state index in [1.807, 2.05) is 13.8 Å². The number of hydrogen-bond acceptors (Lipinski definition) is 7. The van der Waals surface area contributed by atoms with E-state index in [0.29, 0.717) is 0 Å². The molecular formula is C24H33NO7S. The molecule has 33 heavy (non-hydrogen) atoms. The summed E-state index contributed by atoms with van der Waals surface area (Å²) in [5.41, 5.74) is 0.940. The molecule has 0 saturated carbocycles. The number of ether oxygens (including phenoxy) is 3. The standard InChI is InChI=1S/C24H33NO7S/c1-17-11-13-20(14-12-17)33(28,29)25-21-15-31-23(26)10-6-8-19(3)22(30-4)16-32-24(27)9-5-7-18(21)2/h5-8,11-14,18-19,21-22,25H,9-10,15-16H2,1-4H3/b7-5+,8-6+/t18-,19+,21-,22+/m0/s1. The minimum atomic E-state index is -3.84. The number of carbonyl (C=O) groups excluding carboxylic acids is 2. The van der Waals surface area contributed by atoms with Gasteiger partial charge in [0.1, 0.15) is 13.2 Å². The van der Waals surface area contributed by atoms with Crippen molar-refractivity contribution in [2.75, 3.05) is 20.3 Å². The van der Waals surface area contributed by atoms with Crippen molar-refractivity contribution in [3.63, 3.8) is 0 Å². The Labute approximate surface area is 196 Å². The summed E-state index contributed by atoms with van der Waals surface area (Å²) in [5.74, 6) is -1.33. The second kappa shape index (κ2) is 12.7. The summed E-state index contributed by atoms with van der Waals surface area (Å²) < 4.78 is 44.4. The molecule has 1 aromatic carbocycles. The van der Waals surface area contributed by atoms with Crippen molar-refractivity contribution in [2.24, 2.45) is 11.8 Å². The normalized spacial score (nSPS) is 27.9. The number of rotatable bonds is 4. The first-order valence-electron chi connectivity index (χ1n) is 10.9. The molecule has 0 spiro atoms. The maximum Gasteiger partial charge on any atom is 0.309 e. The van der Waals surface area contributed by atoms with Gasteiger partial charge in [0, 0.05) is 13.0 Å². The highest BCUT2D eigenvalue weighted by Crippen LogP contribution is 2.16. The summed E-state index contributed by atoms with van der Waals surface area (Å²) in [5, 5.41) is 0. The maximum absolute atomic E-state index is 12.9. The quantitative estimate of drug-likeness (QED) is 0.522. The van der Waals surface area contributed by atoms with Crippen molar-refractivity contribution >= 4 is 22.0 Å². The Hall–Kier alpha value is -2.49. The number of methoxy groups -OCH3 is 1. The van der Waals surface area contributed by atoms with Crippen molar-refractivity contribution in [1.29, 1.82) is 0 Å². The molecule has 0 aliphatic carbocycles. The van der Waals surface area contributed by atoms with Gasteiger partial charge in [0.15, 0.2) is 0 Å². The van der Waals surface area contributed by atoms with Gasteiger partial charge in [-0.05, 0) is 25.0 Å².